The first-order valence-electron chi connectivity index (χ1n) is 12.8. The lowest BCUT2D eigenvalue weighted by atomic mass is 9.52. The van der Waals surface area contributed by atoms with Crippen LogP contribution in [-0.2, 0) is 4.74 Å². The normalized spacial score (nSPS) is 37.2. The van der Waals surface area contributed by atoms with Gasteiger partial charge in [0.15, 0.2) is 0 Å². The van der Waals surface area contributed by atoms with E-state index in [0.717, 1.165) is 69.8 Å². The van der Waals surface area contributed by atoms with Crippen LogP contribution in [0.1, 0.15) is 92.6 Å². The maximum atomic E-state index is 12.2. The van der Waals surface area contributed by atoms with Gasteiger partial charge in [-0.1, -0.05) is 12.8 Å². The quantitative estimate of drug-likeness (QED) is 0.729. The lowest BCUT2D eigenvalue weighted by molar-refractivity contribution is -0.135. The predicted molar refractivity (Wildman–Crippen MR) is 120 cm³/mol. The number of primary amides is 1. The summed E-state index contributed by atoms with van der Waals surface area (Å²) in [6.45, 7) is 1.54. The van der Waals surface area contributed by atoms with Crippen LogP contribution in [0.25, 0.3) is 0 Å². The lowest BCUT2D eigenvalue weighted by Gasteiger charge is -2.61. The zero-order chi connectivity index (χ0) is 21.9. The molecule has 4 bridgehead atoms. The van der Waals surface area contributed by atoms with Gasteiger partial charge in [0, 0.05) is 37.4 Å². The van der Waals surface area contributed by atoms with Crippen molar-refractivity contribution in [3.8, 4) is 0 Å². The Morgan fingerprint density at radius 3 is 2.41 bits per heavy atom. The highest BCUT2D eigenvalue weighted by molar-refractivity contribution is 5.93. The Balaban J connectivity index is 1.40. The number of hydrogen-bond donors (Lipinski definition) is 2. The summed E-state index contributed by atoms with van der Waals surface area (Å²) in [5.41, 5.74) is 6.62. The second-order valence-corrected chi connectivity index (χ2v) is 11.3. The van der Waals surface area contributed by atoms with Crippen LogP contribution in [0, 0.1) is 17.8 Å². The monoisotopic (exact) mass is 440 g/mol. The molecule has 6 aliphatic rings. The number of aromatic nitrogens is 2. The molecule has 6 fully saturated rings. The molecule has 1 aromatic heterocycles. The second-order valence-electron chi connectivity index (χ2n) is 11.3. The summed E-state index contributed by atoms with van der Waals surface area (Å²) in [5.74, 6) is 2.29. The van der Waals surface area contributed by atoms with Crippen molar-refractivity contribution >= 4 is 11.9 Å². The van der Waals surface area contributed by atoms with Crippen molar-refractivity contribution in [2.45, 2.75) is 94.2 Å². The van der Waals surface area contributed by atoms with Gasteiger partial charge in [-0.05, 0) is 75.5 Å². The number of carbonyl (C=O) groups is 1. The standard InChI is InChI=1S/C25H36N4O3/c26-23(30)20-14-27-24(28-21(20)16-3-1-2-4-16)29(19-5-7-32-8-6-19)22-17-9-15-10-18(22)13-25(31,11-15)12-17/h14-19,22,31H,1-13H2,(H2,26,30). The van der Waals surface area contributed by atoms with E-state index in [2.05, 4.69) is 4.90 Å². The first-order chi connectivity index (χ1) is 15.5. The van der Waals surface area contributed by atoms with Gasteiger partial charge in [0.2, 0.25) is 5.95 Å². The SMILES string of the molecule is NC(=O)c1cnc(N(C2CCOCC2)C2C3CC4CC2CC(O)(C4)C3)nc1C1CCCC1. The molecule has 0 aromatic carbocycles. The van der Waals surface area contributed by atoms with Crippen molar-refractivity contribution in [2.24, 2.45) is 23.5 Å². The highest BCUT2D eigenvalue weighted by Gasteiger charge is 2.57. The average Bonchev–Trinajstić information content (AvgIpc) is 3.30. The Morgan fingerprint density at radius 1 is 1.09 bits per heavy atom. The van der Waals surface area contributed by atoms with Crippen LogP contribution in [0.15, 0.2) is 6.20 Å². The Hall–Kier alpha value is -1.73. The third-order valence-corrected chi connectivity index (χ3v) is 9.14. The smallest absolute Gasteiger partial charge is 0.252 e. The van der Waals surface area contributed by atoms with Crippen molar-refractivity contribution in [3.63, 3.8) is 0 Å². The molecule has 1 amide bonds. The van der Waals surface area contributed by atoms with Gasteiger partial charge in [-0.25, -0.2) is 9.97 Å². The van der Waals surface area contributed by atoms with Crippen molar-refractivity contribution < 1.29 is 14.6 Å². The minimum atomic E-state index is -0.458. The van der Waals surface area contributed by atoms with Crippen LogP contribution >= 0.6 is 0 Å². The number of ether oxygens (including phenoxy) is 1. The van der Waals surface area contributed by atoms with Gasteiger partial charge in [0.05, 0.1) is 16.9 Å². The molecule has 7 nitrogen and oxygen atoms in total. The summed E-state index contributed by atoms with van der Waals surface area (Å²) in [6.07, 6.45) is 13.3. The topological polar surface area (TPSA) is 102 Å². The molecular formula is C25H36N4O3. The van der Waals surface area contributed by atoms with E-state index in [1.54, 1.807) is 6.20 Å². The average molecular weight is 441 g/mol. The Morgan fingerprint density at radius 2 is 1.78 bits per heavy atom. The fourth-order valence-corrected chi connectivity index (χ4v) is 8.12. The molecule has 1 aliphatic heterocycles. The Labute approximate surface area is 190 Å². The Kier molecular flexibility index (Phi) is 5.17. The van der Waals surface area contributed by atoms with E-state index in [0.29, 0.717) is 41.3 Å². The summed E-state index contributed by atoms with van der Waals surface area (Å²) in [5, 5.41) is 11.1. The summed E-state index contributed by atoms with van der Waals surface area (Å²) in [7, 11) is 0. The minimum Gasteiger partial charge on any atom is -0.390 e. The summed E-state index contributed by atoms with van der Waals surface area (Å²) in [6, 6.07) is 0.711. The van der Waals surface area contributed by atoms with Gasteiger partial charge in [-0.2, -0.15) is 0 Å². The summed E-state index contributed by atoms with van der Waals surface area (Å²) < 4.78 is 5.69. The molecule has 0 radical (unpaired) electrons. The zero-order valence-corrected chi connectivity index (χ0v) is 18.9. The van der Waals surface area contributed by atoms with Gasteiger partial charge < -0.3 is 20.5 Å². The van der Waals surface area contributed by atoms with E-state index in [1.807, 2.05) is 0 Å². The van der Waals surface area contributed by atoms with Crippen LogP contribution in [0.4, 0.5) is 5.95 Å². The number of aliphatic hydroxyl groups is 1. The summed E-state index contributed by atoms with van der Waals surface area (Å²) in [4.78, 5) is 24.6. The molecule has 5 saturated carbocycles. The molecule has 0 spiro atoms. The molecule has 2 unspecified atom stereocenters. The Bertz CT molecular complexity index is 864. The van der Waals surface area contributed by atoms with Crippen LogP contribution in [-0.4, -0.2) is 51.9 Å². The highest BCUT2D eigenvalue weighted by atomic mass is 16.5. The molecule has 1 aromatic rings. The molecule has 1 saturated heterocycles. The number of amides is 1. The summed E-state index contributed by atoms with van der Waals surface area (Å²) >= 11 is 0. The first kappa shape index (κ1) is 20.8. The number of nitrogens with two attached hydrogens (primary N) is 1. The maximum Gasteiger partial charge on any atom is 0.252 e. The van der Waals surface area contributed by atoms with Gasteiger partial charge in [-0.3, -0.25) is 4.79 Å². The molecular weight excluding hydrogens is 404 g/mol. The second kappa shape index (κ2) is 7.94. The van der Waals surface area contributed by atoms with Crippen molar-refractivity contribution in [1.82, 2.24) is 9.97 Å². The van der Waals surface area contributed by atoms with Crippen LogP contribution in [0.5, 0.6) is 0 Å². The molecule has 32 heavy (non-hydrogen) atoms. The minimum absolute atomic E-state index is 0.301. The number of hydrogen-bond acceptors (Lipinski definition) is 6. The largest absolute Gasteiger partial charge is 0.390 e. The molecule has 2 atom stereocenters. The fourth-order valence-electron chi connectivity index (χ4n) is 8.12. The van der Waals surface area contributed by atoms with E-state index in [-0.39, 0.29) is 0 Å². The van der Waals surface area contributed by atoms with E-state index >= 15 is 0 Å². The van der Waals surface area contributed by atoms with E-state index in [1.165, 1.54) is 25.7 Å². The zero-order valence-electron chi connectivity index (χ0n) is 18.9. The molecule has 5 aliphatic carbocycles. The molecule has 7 rings (SSSR count). The lowest BCUT2D eigenvalue weighted by Crippen LogP contribution is -2.64. The van der Waals surface area contributed by atoms with Crippen LogP contribution in [0.3, 0.4) is 0 Å². The van der Waals surface area contributed by atoms with E-state index in [4.69, 9.17) is 20.4 Å². The third-order valence-electron chi connectivity index (χ3n) is 9.14. The van der Waals surface area contributed by atoms with Gasteiger partial charge >= 0.3 is 0 Å². The van der Waals surface area contributed by atoms with Gasteiger partial charge in [0.25, 0.3) is 5.91 Å². The maximum absolute atomic E-state index is 12.2. The third kappa shape index (κ3) is 3.52. The molecule has 174 valence electrons. The van der Waals surface area contributed by atoms with Crippen molar-refractivity contribution in [1.29, 1.82) is 0 Å². The number of anilines is 1. The van der Waals surface area contributed by atoms with Gasteiger partial charge in [0.1, 0.15) is 0 Å². The first-order valence-corrected chi connectivity index (χ1v) is 12.8. The van der Waals surface area contributed by atoms with E-state index in [9.17, 15) is 9.90 Å². The predicted octanol–water partition coefficient (Wildman–Crippen LogP) is 3.16. The van der Waals surface area contributed by atoms with Crippen LogP contribution < -0.4 is 10.6 Å². The number of carbonyl (C=O) groups excluding carboxylic acids is 1. The number of rotatable bonds is 5. The molecule has 7 heteroatoms. The van der Waals surface area contributed by atoms with Crippen LogP contribution in [0.2, 0.25) is 0 Å². The molecule has 3 N–H and O–H groups in total. The number of nitrogens with zero attached hydrogens (tertiary/aromatic N) is 3. The van der Waals surface area contributed by atoms with Crippen molar-refractivity contribution in [2.75, 3.05) is 18.1 Å². The van der Waals surface area contributed by atoms with Gasteiger partial charge in [-0.15, -0.1) is 0 Å². The van der Waals surface area contributed by atoms with E-state index < -0.39 is 11.5 Å². The fraction of sp³-hybridized carbons (Fsp3) is 0.800. The molecule has 2 heterocycles. The highest BCUT2D eigenvalue weighted by Crippen LogP contribution is 2.57. The van der Waals surface area contributed by atoms with Crippen molar-refractivity contribution in [3.05, 3.63) is 17.5 Å².